The molecule has 2 aromatic rings. The zero-order valence-electron chi connectivity index (χ0n) is 14.6. The van der Waals surface area contributed by atoms with Gasteiger partial charge in [-0.2, -0.15) is 0 Å². The minimum atomic E-state index is -3.82. The minimum absolute atomic E-state index is 0.00242. The smallest absolute Gasteiger partial charge is 0.337 e. The van der Waals surface area contributed by atoms with Crippen molar-refractivity contribution in [2.45, 2.75) is 11.3 Å². The second-order valence-electron chi connectivity index (χ2n) is 5.57. The molecule has 0 atom stereocenters. The molecule has 0 aliphatic rings. The minimum Gasteiger partial charge on any atom is -0.465 e. The molecule has 0 radical (unpaired) electrons. The van der Waals surface area contributed by atoms with Crippen molar-refractivity contribution in [2.75, 3.05) is 25.0 Å². The number of hydrogen-bond acceptors (Lipinski definition) is 6. The van der Waals surface area contributed by atoms with Crippen LogP contribution < -0.4 is 10.0 Å². The number of anilines is 1. The molecule has 144 valence electrons. The highest BCUT2D eigenvalue weighted by atomic mass is 32.2. The van der Waals surface area contributed by atoms with Crippen molar-refractivity contribution in [3.63, 3.8) is 0 Å². The molecule has 0 unspecified atom stereocenters. The highest BCUT2D eigenvalue weighted by Crippen LogP contribution is 2.18. The number of sulfonamides is 1. The lowest BCUT2D eigenvalue weighted by Crippen LogP contribution is -2.27. The van der Waals surface area contributed by atoms with E-state index in [2.05, 4.69) is 14.8 Å². The zero-order valence-corrected chi connectivity index (χ0v) is 15.5. The van der Waals surface area contributed by atoms with Crippen molar-refractivity contribution in [1.29, 1.82) is 0 Å². The van der Waals surface area contributed by atoms with Crippen LogP contribution in [0.15, 0.2) is 53.4 Å². The number of ether oxygens (including phenoxy) is 1. The number of methoxy groups -OCH3 is 1. The summed E-state index contributed by atoms with van der Waals surface area (Å²) in [5.74, 6) is -0.784. The van der Waals surface area contributed by atoms with Crippen LogP contribution in [0.25, 0.3) is 0 Å². The highest BCUT2D eigenvalue weighted by molar-refractivity contribution is 7.92. The van der Waals surface area contributed by atoms with Gasteiger partial charge < -0.3 is 15.2 Å². The molecule has 3 N–H and O–H groups in total. The number of aliphatic hydroxyl groups is 1. The Morgan fingerprint density at radius 2 is 1.67 bits per heavy atom. The van der Waals surface area contributed by atoms with Gasteiger partial charge in [0.2, 0.25) is 5.91 Å². The van der Waals surface area contributed by atoms with E-state index >= 15 is 0 Å². The number of rotatable bonds is 8. The topological polar surface area (TPSA) is 122 Å². The van der Waals surface area contributed by atoms with Crippen molar-refractivity contribution < 1.29 is 27.9 Å². The van der Waals surface area contributed by atoms with E-state index in [1.807, 2.05) is 0 Å². The molecule has 9 heteroatoms. The van der Waals surface area contributed by atoms with Crippen molar-refractivity contribution in [3.05, 3.63) is 59.7 Å². The van der Waals surface area contributed by atoms with Gasteiger partial charge in [0.15, 0.2) is 0 Å². The molecular weight excluding hydrogens is 372 g/mol. The third kappa shape index (κ3) is 5.80. The van der Waals surface area contributed by atoms with Gasteiger partial charge in [-0.3, -0.25) is 9.52 Å². The Labute approximate surface area is 157 Å². The van der Waals surface area contributed by atoms with E-state index in [1.54, 1.807) is 24.3 Å². The predicted molar refractivity (Wildman–Crippen MR) is 98.8 cm³/mol. The Morgan fingerprint density at radius 1 is 1.04 bits per heavy atom. The van der Waals surface area contributed by atoms with Gasteiger partial charge >= 0.3 is 5.97 Å². The normalized spacial score (nSPS) is 10.9. The van der Waals surface area contributed by atoms with E-state index in [0.717, 1.165) is 0 Å². The van der Waals surface area contributed by atoms with E-state index < -0.39 is 16.0 Å². The largest absolute Gasteiger partial charge is 0.465 e. The average Bonchev–Trinajstić information content (AvgIpc) is 2.67. The number of carbonyl (C=O) groups excluding carboxylic acids is 2. The van der Waals surface area contributed by atoms with E-state index in [0.29, 0.717) is 11.3 Å². The second-order valence-corrected chi connectivity index (χ2v) is 7.25. The first kappa shape index (κ1) is 20.4. The standard InChI is InChI=1S/C18H20N2O6S/c1-26-18(23)14-4-8-16(9-5-14)27(24,25)20-15-6-2-13(3-7-15)12-17(22)19-10-11-21/h2-9,20-21H,10-12H2,1H3,(H,19,22). The first-order valence-corrected chi connectivity index (χ1v) is 9.51. The van der Waals surface area contributed by atoms with Crippen molar-refractivity contribution in [2.24, 2.45) is 0 Å². The molecule has 0 aliphatic carbocycles. The molecule has 0 aliphatic heterocycles. The first-order chi connectivity index (χ1) is 12.9. The Balaban J connectivity index is 2.04. The van der Waals surface area contributed by atoms with Gasteiger partial charge in [-0.25, -0.2) is 13.2 Å². The molecule has 2 aromatic carbocycles. The average molecular weight is 392 g/mol. The van der Waals surface area contributed by atoms with E-state index in [4.69, 9.17) is 5.11 Å². The maximum absolute atomic E-state index is 12.4. The Bertz CT molecular complexity index is 892. The van der Waals surface area contributed by atoms with Crippen molar-refractivity contribution >= 4 is 27.6 Å². The van der Waals surface area contributed by atoms with Crippen LogP contribution in [-0.2, 0) is 26.0 Å². The molecule has 2 rings (SSSR count). The van der Waals surface area contributed by atoms with Crippen LogP contribution in [0.5, 0.6) is 0 Å². The Kier molecular flexibility index (Phi) is 6.91. The highest BCUT2D eigenvalue weighted by Gasteiger charge is 2.15. The summed E-state index contributed by atoms with van der Waals surface area (Å²) in [6.45, 7) is 0.0541. The van der Waals surface area contributed by atoms with Crippen LogP contribution in [-0.4, -0.2) is 45.7 Å². The molecule has 27 heavy (non-hydrogen) atoms. The number of esters is 1. The molecule has 0 saturated heterocycles. The summed E-state index contributed by atoms with van der Waals surface area (Å²) in [7, 11) is -2.58. The number of benzene rings is 2. The lowest BCUT2D eigenvalue weighted by Gasteiger charge is -2.09. The lowest BCUT2D eigenvalue weighted by molar-refractivity contribution is -0.120. The fourth-order valence-electron chi connectivity index (χ4n) is 2.24. The van der Waals surface area contributed by atoms with E-state index in [-0.39, 0.29) is 35.9 Å². The van der Waals surface area contributed by atoms with Crippen LogP contribution in [0.2, 0.25) is 0 Å². The van der Waals surface area contributed by atoms with Crippen LogP contribution in [0.3, 0.4) is 0 Å². The van der Waals surface area contributed by atoms with Gasteiger partial charge in [0.25, 0.3) is 10.0 Å². The third-order valence-corrected chi connectivity index (χ3v) is 4.99. The quantitative estimate of drug-likeness (QED) is 0.575. The summed E-state index contributed by atoms with van der Waals surface area (Å²) in [5.41, 5.74) is 1.29. The summed E-state index contributed by atoms with van der Waals surface area (Å²) in [6.07, 6.45) is 0.127. The molecule has 0 spiro atoms. The molecule has 1 amide bonds. The third-order valence-electron chi connectivity index (χ3n) is 3.59. The fraction of sp³-hybridized carbons (Fsp3) is 0.222. The Morgan fingerprint density at radius 3 is 2.22 bits per heavy atom. The van der Waals surface area contributed by atoms with Gasteiger partial charge in [0.05, 0.1) is 30.6 Å². The number of nitrogens with one attached hydrogen (secondary N) is 2. The molecule has 8 nitrogen and oxygen atoms in total. The van der Waals surface area contributed by atoms with Gasteiger partial charge in [-0.05, 0) is 42.0 Å². The van der Waals surface area contributed by atoms with Crippen LogP contribution >= 0.6 is 0 Å². The van der Waals surface area contributed by atoms with Gasteiger partial charge in [-0.15, -0.1) is 0 Å². The molecule has 0 aromatic heterocycles. The van der Waals surface area contributed by atoms with Crippen LogP contribution in [0.4, 0.5) is 5.69 Å². The van der Waals surface area contributed by atoms with Crippen LogP contribution in [0, 0.1) is 0 Å². The Hall–Kier alpha value is -2.91. The number of amides is 1. The predicted octanol–water partition coefficient (Wildman–Crippen LogP) is 0.925. The zero-order chi connectivity index (χ0) is 19.9. The number of aliphatic hydroxyl groups excluding tert-OH is 1. The van der Waals surface area contributed by atoms with Crippen molar-refractivity contribution in [3.8, 4) is 0 Å². The van der Waals surface area contributed by atoms with Gasteiger partial charge in [0.1, 0.15) is 0 Å². The molecule has 0 fully saturated rings. The molecule has 0 bridgehead atoms. The number of carbonyl (C=O) groups is 2. The maximum atomic E-state index is 12.4. The fourth-order valence-corrected chi connectivity index (χ4v) is 3.29. The summed E-state index contributed by atoms with van der Waals surface area (Å²) in [4.78, 5) is 23.0. The van der Waals surface area contributed by atoms with Gasteiger partial charge in [-0.1, -0.05) is 12.1 Å². The van der Waals surface area contributed by atoms with Crippen molar-refractivity contribution in [1.82, 2.24) is 5.32 Å². The van der Waals surface area contributed by atoms with Crippen LogP contribution in [0.1, 0.15) is 15.9 Å². The summed E-state index contributed by atoms with van der Waals surface area (Å²) < 4.78 is 31.8. The summed E-state index contributed by atoms with van der Waals surface area (Å²) in [5, 5.41) is 11.2. The summed E-state index contributed by atoms with van der Waals surface area (Å²) in [6, 6.07) is 11.7. The molecule has 0 saturated carbocycles. The molecule has 0 heterocycles. The van der Waals surface area contributed by atoms with Gasteiger partial charge in [0, 0.05) is 12.2 Å². The summed E-state index contributed by atoms with van der Waals surface area (Å²) >= 11 is 0. The second kappa shape index (κ2) is 9.15. The monoisotopic (exact) mass is 392 g/mol. The SMILES string of the molecule is COC(=O)c1ccc(S(=O)(=O)Nc2ccc(CC(=O)NCCO)cc2)cc1. The first-order valence-electron chi connectivity index (χ1n) is 8.03. The maximum Gasteiger partial charge on any atom is 0.337 e. The van der Waals surface area contributed by atoms with E-state index in [1.165, 1.54) is 31.4 Å². The molecular formula is C18H20N2O6S. The number of hydrogen-bond donors (Lipinski definition) is 3. The lowest BCUT2D eigenvalue weighted by atomic mass is 10.1. The van der Waals surface area contributed by atoms with E-state index in [9.17, 15) is 18.0 Å².